The molecule has 1 aromatic carbocycles. The van der Waals surface area contributed by atoms with Gasteiger partial charge in [-0.1, -0.05) is 18.6 Å². The molecular formula is C36H42FN7O3. The molecule has 0 saturated carbocycles. The second-order valence-electron chi connectivity index (χ2n) is 13.7. The van der Waals surface area contributed by atoms with Crippen LogP contribution in [0.3, 0.4) is 0 Å². The Morgan fingerprint density at radius 2 is 1.81 bits per heavy atom. The molecule has 3 fully saturated rings. The average molecular weight is 640 g/mol. The fourth-order valence-electron chi connectivity index (χ4n) is 7.69. The molecule has 7 rings (SSSR count). The zero-order valence-corrected chi connectivity index (χ0v) is 27.1. The van der Waals surface area contributed by atoms with E-state index >= 15 is 4.39 Å². The van der Waals surface area contributed by atoms with Gasteiger partial charge in [0.2, 0.25) is 0 Å². The number of piperazine rings is 1. The molecule has 246 valence electrons. The van der Waals surface area contributed by atoms with Gasteiger partial charge in [-0.05, 0) is 68.3 Å². The highest BCUT2D eigenvalue weighted by molar-refractivity contribution is 6.07. The third-order valence-corrected chi connectivity index (χ3v) is 9.94. The van der Waals surface area contributed by atoms with Gasteiger partial charge in [0, 0.05) is 75.6 Å². The lowest BCUT2D eigenvalue weighted by Crippen LogP contribution is -2.71. The number of carbonyl (C=O) groups is 1. The number of fused-ring (bicyclic) bond motifs is 1. The Labute approximate surface area is 274 Å². The van der Waals surface area contributed by atoms with Crippen molar-refractivity contribution >= 4 is 28.8 Å². The highest BCUT2D eigenvalue weighted by atomic mass is 19.1. The molecule has 4 aliphatic heterocycles. The number of nitrogens with zero attached hydrogens (tertiary/aromatic N) is 6. The summed E-state index contributed by atoms with van der Waals surface area (Å²) in [5.74, 6) is -0.272. The summed E-state index contributed by atoms with van der Waals surface area (Å²) in [5.41, 5.74) is 4.54. The quantitative estimate of drug-likeness (QED) is 0.414. The molecule has 4 aliphatic rings. The summed E-state index contributed by atoms with van der Waals surface area (Å²) in [5, 5.41) is 13.8. The lowest BCUT2D eigenvalue weighted by Gasteiger charge is -2.60. The molecule has 10 nitrogen and oxygen atoms in total. The van der Waals surface area contributed by atoms with Crippen molar-refractivity contribution in [3.8, 4) is 11.1 Å². The number of carbonyl (C=O) groups excluding carboxylic acids is 1. The Bertz CT molecular complexity index is 1800. The van der Waals surface area contributed by atoms with E-state index in [1.165, 1.54) is 16.7 Å². The summed E-state index contributed by atoms with van der Waals surface area (Å²) in [6, 6.07) is 8.15. The Morgan fingerprint density at radius 1 is 1.00 bits per heavy atom. The number of hydrogen-bond donors (Lipinski definition) is 2. The van der Waals surface area contributed by atoms with Crippen molar-refractivity contribution in [1.82, 2.24) is 19.4 Å². The van der Waals surface area contributed by atoms with Crippen LogP contribution in [0.15, 0.2) is 71.4 Å². The van der Waals surface area contributed by atoms with Gasteiger partial charge in [-0.15, -0.1) is 0 Å². The molecule has 0 bridgehead atoms. The van der Waals surface area contributed by atoms with E-state index in [2.05, 4.69) is 38.6 Å². The summed E-state index contributed by atoms with van der Waals surface area (Å²) in [6.07, 6.45) is 9.21. The monoisotopic (exact) mass is 639 g/mol. The number of benzene rings is 1. The van der Waals surface area contributed by atoms with Gasteiger partial charge in [-0.3, -0.25) is 9.59 Å². The molecule has 0 aliphatic carbocycles. The predicted molar refractivity (Wildman–Crippen MR) is 182 cm³/mol. The molecule has 2 aromatic heterocycles. The SMILES string of the molecule is C=C1/C=C2/C(=O)N(c3cc(F)cc(-c4cc(Nc5ccc(N6CC7(CN(C)C7)C6)cn5)c(=O)n(C)c4)c3CO)CCN2CCCCC1. The second kappa shape index (κ2) is 12.3. The zero-order chi connectivity index (χ0) is 32.9. The molecule has 47 heavy (non-hydrogen) atoms. The summed E-state index contributed by atoms with van der Waals surface area (Å²) in [6.45, 7) is 9.75. The van der Waals surface area contributed by atoms with Crippen LogP contribution in [-0.4, -0.2) is 83.2 Å². The van der Waals surface area contributed by atoms with E-state index in [4.69, 9.17) is 0 Å². The maximum absolute atomic E-state index is 15.4. The van der Waals surface area contributed by atoms with Crippen LogP contribution in [0, 0.1) is 11.2 Å². The maximum Gasteiger partial charge on any atom is 0.274 e. The number of nitrogens with one attached hydrogen (secondary N) is 1. The number of aryl methyl sites for hydroxylation is 1. The number of aromatic nitrogens is 2. The smallest absolute Gasteiger partial charge is 0.274 e. The minimum atomic E-state index is -0.544. The predicted octanol–water partition coefficient (Wildman–Crippen LogP) is 4.24. The summed E-state index contributed by atoms with van der Waals surface area (Å²) in [4.78, 5) is 40.0. The van der Waals surface area contributed by atoms with Gasteiger partial charge in [0.15, 0.2) is 0 Å². The van der Waals surface area contributed by atoms with Crippen molar-refractivity contribution in [1.29, 1.82) is 0 Å². The van der Waals surface area contributed by atoms with Crippen LogP contribution in [0.5, 0.6) is 0 Å². The fourth-order valence-corrected chi connectivity index (χ4v) is 7.69. The first-order valence-electron chi connectivity index (χ1n) is 16.4. The highest BCUT2D eigenvalue weighted by Gasteiger charge is 2.50. The molecular weight excluding hydrogens is 597 g/mol. The molecule has 0 radical (unpaired) electrons. The number of allylic oxidation sites excluding steroid dienone is 2. The number of halogens is 1. The van der Waals surface area contributed by atoms with Crippen LogP contribution in [0.25, 0.3) is 11.1 Å². The first-order valence-corrected chi connectivity index (χ1v) is 16.4. The van der Waals surface area contributed by atoms with Crippen LogP contribution < -0.4 is 20.7 Å². The average Bonchev–Trinajstić information content (AvgIpc) is 3.11. The molecule has 3 aromatic rings. The van der Waals surface area contributed by atoms with Crippen LogP contribution in [0.1, 0.15) is 31.2 Å². The van der Waals surface area contributed by atoms with Crippen molar-refractivity contribution in [2.75, 3.05) is 68.0 Å². The highest BCUT2D eigenvalue weighted by Crippen LogP contribution is 2.41. The van der Waals surface area contributed by atoms with Crippen LogP contribution >= 0.6 is 0 Å². The zero-order valence-electron chi connectivity index (χ0n) is 27.1. The Hall–Kier alpha value is -4.48. The van der Waals surface area contributed by atoms with Crippen molar-refractivity contribution in [3.05, 3.63) is 88.4 Å². The van der Waals surface area contributed by atoms with E-state index in [1.807, 2.05) is 24.4 Å². The van der Waals surface area contributed by atoms with Crippen molar-refractivity contribution < 1.29 is 14.3 Å². The van der Waals surface area contributed by atoms with Gasteiger partial charge in [0.1, 0.15) is 23.0 Å². The van der Waals surface area contributed by atoms with E-state index in [0.29, 0.717) is 52.4 Å². The van der Waals surface area contributed by atoms with E-state index in [0.717, 1.165) is 69.7 Å². The Balaban J connectivity index is 1.17. The number of pyridine rings is 2. The van der Waals surface area contributed by atoms with Crippen LogP contribution in [-0.2, 0) is 18.4 Å². The summed E-state index contributed by atoms with van der Waals surface area (Å²) >= 11 is 0. The molecule has 2 N–H and O–H groups in total. The topological polar surface area (TPSA) is 97.2 Å². The first kappa shape index (κ1) is 31.1. The Kier molecular flexibility index (Phi) is 8.13. The van der Waals surface area contributed by atoms with Crippen LogP contribution in [0.4, 0.5) is 27.3 Å². The molecule has 1 spiro atoms. The molecule has 6 heterocycles. The van der Waals surface area contributed by atoms with E-state index in [-0.39, 0.29) is 17.2 Å². The van der Waals surface area contributed by atoms with Crippen molar-refractivity contribution in [2.45, 2.75) is 32.3 Å². The van der Waals surface area contributed by atoms with Gasteiger partial charge in [0.05, 0.1) is 24.2 Å². The third kappa shape index (κ3) is 5.94. The third-order valence-electron chi connectivity index (χ3n) is 9.94. The lowest BCUT2D eigenvalue weighted by atomic mass is 9.73. The van der Waals surface area contributed by atoms with Gasteiger partial charge in [-0.25, -0.2) is 9.37 Å². The number of amides is 1. The number of anilines is 4. The number of rotatable bonds is 6. The van der Waals surface area contributed by atoms with Gasteiger partial charge in [0.25, 0.3) is 11.5 Å². The van der Waals surface area contributed by atoms with E-state index in [9.17, 15) is 14.7 Å². The maximum atomic E-state index is 15.4. The summed E-state index contributed by atoms with van der Waals surface area (Å²) < 4.78 is 16.8. The van der Waals surface area contributed by atoms with Gasteiger partial charge in [-0.2, -0.15) is 0 Å². The molecule has 0 unspecified atom stereocenters. The number of likely N-dealkylation sites (tertiary alicyclic amines) is 1. The number of aliphatic hydroxyl groups excluding tert-OH is 1. The van der Waals surface area contributed by atoms with Gasteiger partial charge >= 0.3 is 0 Å². The molecule has 0 atom stereocenters. The molecule has 3 saturated heterocycles. The second-order valence-corrected chi connectivity index (χ2v) is 13.7. The molecule has 1 amide bonds. The summed E-state index contributed by atoms with van der Waals surface area (Å²) in [7, 11) is 3.77. The minimum Gasteiger partial charge on any atom is -0.392 e. The van der Waals surface area contributed by atoms with Gasteiger partial charge < -0.3 is 34.6 Å². The largest absolute Gasteiger partial charge is 0.392 e. The van der Waals surface area contributed by atoms with Crippen molar-refractivity contribution in [3.63, 3.8) is 0 Å². The fraction of sp³-hybridized carbons (Fsp3) is 0.417. The van der Waals surface area contributed by atoms with Crippen LogP contribution in [0.2, 0.25) is 0 Å². The number of aliphatic hydroxyl groups is 1. The van der Waals surface area contributed by atoms with Crippen molar-refractivity contribution in [2.24, 2.45) is 12.5 Å². The Morgan fingerprint density at radius 3 is 2.53 bits per heavy atom. The minimum absolute atomic E-state index is 0.240. The number of hydrogen-bond acceptors (Lipinski definition) is 8. The lowest BCUT2D eigenvalue weighted by molar-refractivity contribution is -0.117. The standard InChI is InChI=1S/C36H42FN7O3/c1-24-7-5-4-6-10-42-11-12-44(35(47)32(42)13-24)31-16-26(37)15-28(29(31)19-45)25-14-30(34(46)41(3)18-25)39-33-9-8-27(17-38-33)43-22-36(23-43)20-40(2)21-36/h8-9,13-18,45H,1,4-7,10-12,19-23H2,2-3H3,(H,38,39)/b32-13-. The van der Waals surface area contributed by atoms with E-state index in [1.54, 1.807) is 24.2 Å². The van der Waals surface area contributed by atoms with E-state index < -0.39 is 12.4 Å². The normalized spacial score (nSPS) is 20.9. The first-order chi connectivity index (χ1) is 22.6. The molecule has 11 heteroatoms.